The van der Waals surface area contributed by atoms with Crippen LogP contribution in [-0.4, -0.2) is 47.8 Å². The Labute approximate surface area is 131 Å². The fourth-order valence-electron chi connectivity index (χ4n) is 2.28. The van der Waals surface area contributed by atoms with Crippen LogP contribution in [0.1, 0.15) is 11.1 Å². The third-order valence-electron chi connectivity index (χ3n) is 3.36. The SMILES string of the molecule is Cc1cc(Br)cc(C)c1NC(=O)N1CCOC(C(=O)O)C1. The number of halogens is 1. The maximum Gasteiger partial charge on any atom is 0.334 e. The number of carbonyl (C=O) groups is 2. The molecule has 0 bridgehead atoms. The average molecular weight is 357 g/mol. The Morgan fingerprint density at radius 3 is 2.57 bits per heavy atom. The normalized spacial score (nSPS) is 18.4. The molecule has 1 aromatic carbocycles. The molecule has 1 aromatic rings. The van der Waals surface area contributed by atoms with Gasteiger partial charge in [-0.2, -0.15) is 0 Å². The number of morpholine rings is 1. The Bertz CT molecular complexity index is 553. The first-order valence-electron chi connectivity index (χ1n) is 6.55. The Hall–Kier alpha value is -1.60. The number of hydrogen-bond donors (Lipinski definition) is 2. The zero-order valence-electron chi connectivity index (χ0n) is 11.9. The molecule has 1 heterocycles. The lowest BCUT2D eigenvalue weighted by atomic mass is 10.1. The van der Waals surface area contributed by atoms with Crippen LogP contribution >= 0.6 is 15.9 Å². The molecule has 21 heavy (non-hydrogen) atoms. The molecular formula is C14H17BrN2O4. The molecule has 1 aliphatic rings. The number of carbonyl (C=O) groups excluding carboxylic acids is 1. The molecule has 0 saturated carbocycles. The van der Waals surface area contributed by atoms with Gasteiger partial charge in [0, 0.05) is 16.7 Å². The number of rotatable bonds is 2. The molecule has 0 aromatic heterocycles. The van der Waals surface area contributed by atoms with E-state index in [4.69, 9.17) is 9.84 Å². The van der Waals surface area contributed by atoms with E-state index in [2.05, 4.69) is 21.2 Å². The highest BCUT2D eigenvalue weighted by Gasteiger charge is 2.29. The van der Waals surface area contributed by atoms with Crippen molar-refractivity contribution in [3.05, 3.63) is 27.7 Å². The van der Waals surface area contributed by atoms with Crippen LogP contribution < -0.4 is 5.32 Å². The van der Waals surface area contributed by atoms with Crippen molar-refractivity contribution in [2.24, 2.45) is 0 Å². The summed E-state index contributed by atoms with van der Waals surface area (Å²) >= 11 is 3.41. The first-order valence-corrected chi connectivity index (χ1v) is 7.35. The fraction of sp³-hybridized carbons (Fsp3) is 0.429. The number of ether oxygens (including phenoxy) is 1. The minimum absolute atomic E-state index is 0.0514. The second-order valence-electron chi connectivity index (χ2n) is 4.99. The maximum atomic E-state index is 12.3. The molecule has 1 aliphatic heterocycles. The van der Waals surface area contributed by atoms with Crippen LogP contribution in [0.5, 0.6) is 0 Å². The highest BCUT2D eigenvalue weighted by molar-refractivity contribution is 9.10. The fourth-order valence-corrected chi connectivity index (χ4v) is 2.96. The summed E-state index contributed by atoms with van der Waals surface area (Å²) in [5.74, 6) is -1.05. The molecule has 7 heteroatoms. The molecule has 1 fully saturated rings. The molecule has 1 unspecified atom stereocenters. The zero-order valence-corrected chi connectivity index (χ0v) is 13.4. The number of benzene rings is 1. The van der Waals surface area contributed by atoms with E-state index in [1.807, 2.05) is 26.0 Å². The predicted octanol–water partition coefficient (Wildman–Crippen LogP) is 2.38. The summed E-state index contributed by atoms with van der Waals surface area (Å²) in [6.45, 7) is 4.47. The third kappa shape index (κ3) is 3.74. The Kier molecular flexibility index (Phi) is 4.84. The Balaban J connectivity index is 2.10. The van der Waals surface area contributed by atoms with Crippen LogP contribution in [0.3, 0.4) is 0 Å². The van der Waals surface area contributed by atoms with Gasteiger partial charge in [0.1, 0.15) is 0 Å². The number of carboxylic acids is 1. The van der Waals surface area contributed by atoms with E-state index in [0.29, 0.717) is 6.54 Å². The minimum atomic E-state index is -1.05. The van der Waals surface area contributed by atoms with Crippen molar-refractivity contribution in [3.63, 3.8) is 0 Å². The molecule has 6 nitrogen and oxygen atoms in total. The van der Waals surface area contributed by atoms with Crippen molar-refractivity contribution in [1.82, 2.24) is 4.90 Å². The number of nitrogens with zero attached hydrogens (tertiary/aromatic N) is 1. The zero-order chi connectivity index (χ0) is 15.6. The van der Waals surface area contributed by atoms with Gasteiger partial charge in [-0.15, -0.1) is 0 Å². The van der Waals surface area contributed by atoms with Crippen LogP contribution in [-0.2, 0) is 9.53 Å². The minimum Gasteiger partial charge on any atom is -0.479 e. The van der Waals surface area contributed by atoms with Crippen molar-refractivity contribution < 1.29 is 19.4 Å². The van der Waals surface area contributed by atoms with Crippen LogP contribution in [0.15, 0.2) is 16.6 Å². The van der Waals surface area contributed by atoms with E-state index in [0.717, 1.165) is 21.3 Å². The Morgan fingerprint density at radius 1 is 1.38 bits per heavy atom. The summed E-state index contributed by atoms with van der Waals surface area (Å²) in [7, 11) is 0. The number of hydrogen-bond acceptors (Lipinski definition) is 3. The van der Waals surface area contributed by atoms with Gasteiger partial charge in [0.15, 0.2) is 6.10 Å². The summed E-state index contributed by atoms with van der Waals surface area (Å²) in [6, 6.07) is 3.53. The van der Waals surface area contributed by atoms with Gasteiger partial charge < -0.3 is 20.1 Å². The largest absolute Gasteiger partial charge is 0.479 e. The molecule has 2 rings (SSSR count). The number of carboxylic acid groups (broad SMARTS) is 1. The van der Waals surface area contributed by atoms with E-state index >= 15 is 0 Å². The lowest BCUT2D eigenvalue weighted by Gasteiger charge is -2.31. The van der Waals surface area contributed by atoms with Gasteiger partial charge in [-0.3, -0.25) is 0 Å². The van der Waals surface area contributed by atoms with E-state index in [1.54, 1.807) is 0 Å². The number of nitrogens with one attached hydrogen (secondary N) is 1. The Morgan fingerprint density at radius 2 is 2.00 bits per heavy atom. The van der Waals surface area contributed by atoms with Crippen molar-refractivity contribution in [1.29, 1.82) is 0 Å². The van der Waals surface area contributed by atoms with Gasteiger partial charge in [-0.1, -0.05) is 15.9 Å². The summed E-state index contributed by atoms with van der Waals surface area (Å²) in [5, 5.41) is 11.8. The van der Waals surface area contributed by atoms with Crippen LogP contribution in [0.4, 0.5) is 10.5 Å². The number of amides is 2. The van der Waals surface area contributed by atoms with Crippen molar-refractivity contribution >= 4 is 33.6 Å². The monoisotopic (exact) mass is 356 g/mol. The van der Waals surface area contributed by atoms with E-state index in [9.17, 15) is 9.59 Å². The van der Waals surface area contributed by atoms with Crippen LogP contribution in [0, 0.1) is 13.8 Å². The lowest BCUT2D eigenvalue weighted by Crippen LogP contribution is -2.50. The molecule has 2 N–H and O–H groups in total. The summed E-state index contributed by atoms with van der Waals surface area (Å²) in [4.78, 5) is 24.7. The number of aliphatic carboxylic acids is 1. The molecule has 2 amide bonds. The van der Waals surface area contributed by atoms with E-state index in [-0.39, 0.29) is 19.2 Å². The van der Waals surface area contributed by atoms with E-state index in [1.165, 1.54) is 4.90 Å². The smallest absolute Gasteiger partial charge is 0.334 e. The van der Waals surface area contributed by atoms with Gasteiger partial charge in [-0.25, -0.2) is 9.59 Å². The summed E-state index contributed by atoms with van der Waals surface area (Å²) in [5.41, 5.74) is 2.64. The first-order chi connectivity index (χ1) is 9.88. The van der Waals surface area contributed by atoms with Gasteiger partial charge >= 0.3 is 12.0 Å². The molecular weight excluding hydrogens is 340 g/mol. The number of aryl methyl sites for hydroxylation is 2. The van der Waals surface area contributed by atoms with Gasteiger partial charge in [0.2, 0.25) is 0 Å². The summed E-state index contributed by atoms with van der Waals surface area (Å²) < 4.78 is 6.06. The second kappa shape index (κ2) is 6.44. The molecule has 0 spiro atoms. The van der Waals surface area contributed by atoms with Crippen molar-refractivity contribution in [2.45, 2.75) is 20.0 Å². The second-order valence-corrected chi connectivity index (χ2v) is 5.90. The quantitative estimate of drug-likeness (QED) is 0.852. The molecule has 114 valence electrons. The third-order valence-corrected chi connectivity index (χ3v) is 3.82. The van der Waals surface area contributed by atoms with Crippen LogP contribution in [0.2, 0.25) is 0 Å². The average Bonchev–Trinajstić information content (AvgIpc) is 2.42. The molecule has 0 radical (unpaired) electrons. The highest BCUT2D eigenvalue weighted by Crippen LogP contribution is 2.25. The predicted molar refractivity (Wildman–Crippen MR) is 81.6 cm³/mol. The van der Waals surface area contributed by atoms with Crippen LogP contribution in [0.25, 0.3) is 0 Å². The van der Waals surface area contributed by atoms with Gasteiger partial charge in [0.05, 0.1) is 13.2 Å². The molecule has 0 aliphatic carbocycles. The standard InChI is InChI=1S/C14H17BrN2O4/c1-8-5-10(15)6-9(2)12(8)16-14(20)17-3-4-21-11(7-17)13(18)19/h5-6,11H,3-4,7H2,1-2H3,(H,16,20)(H,18,19). The first kappa shape index (κ1) is 15.8. The highest BCUT2D eigenvalue weighted by atomic mass is 79.9. The molecule has 1 saturated heterocycles. The topological polar surface area (TPSA) is 78.9 Å². The van der Waals surface area contributed by atoms with Crippen molar-refractivity contribution in [2.75, 3.05) is 25.0 Å². The lowest BCUT2D eigenvalue weighted by molar-refractivity contribution is -0.154. The maximum absolute atomic E-state index is 12.3. The van der Waals surface area contributed by atoms with Crippen molar-refractivity contribution in [3.8, 4) is 0 Å². The van der Waals surface area contributed by atoms with Gasteiger partial charge in [-0.05, 0) is 37.1 Å². The molecule has 1 atom stereocenters. The van der Waals surface area contributed by atoms with E-state index < -0.39 is 12.1 Å². The number of urea groups is 1. The van der Waals surface area contributed by atoms with Gasteiger partial charge in [0.25, 0.3) is 0 Å². The number of anilines is 1. The summed E-state index contributed by atoms with van der Waals surface area (Å²) in [6.07, 6.45) is -0.961.